The second-order valence-electron chi connectivity index (χ2n) is 5.24. The van der Waals surface area contributed by atoms with Crippen LogP contribution < -0.4 is 14.8 Å². The van der Waals surface area contributed by atoms with Crippen LogP contribution in [-0.2, 0) is 4.79 Å². The summed E-state index contributed by atoms with van der Waals surface area (Å²) in [6.07, 6.45) is 2.72. The van der Waals surface area contributed by atoms with E-state index in [1.165, 1.54) is 6.92 Å². The van der Waals surface area contributed by atoms with Crippen LogP contribution >= 0.6 is 0 Å². The summed E-state index contributed by atoms with van der Waals surface area (Å²) < 4.78 is 11.2. The van der Waals surface area contributed by atoms with Crippen molar-refractivity contribution in [1.29, 1.82) is 0 Å². The van der Waals surface area contributed by atoms with E-state index in [2.05, 4.69) is 5.32 Å². The number of carboxylic acids is 1. The molecule has 0 spiro atoms. The van der Waals surface area contributed by atoms with Gasteiger partial charge in [-0.25, -0.2) is 0 Å². The molecule has 0 heterocycles. The number of amides is 1. The van der Waals surface area contributed by atoms with Crippen molar-refractivity contribution in [3.05, 3.63) is 23.8 Å². The summed E-state index contributed by atoms with van der Waals surface area (Å²) in [6, 6.07) is 3.98. The maximum absolute atomic E-state index is 12.2. The van der Waals surface area contributed by atoms with Crippen molar-refractivity contribution in [2.24, 2.45) is 0 Å². The smallest absolute Gasteiger partial charge is 0.325 e. The lowest BCUT2D eigenvalue weighted by atomic mass is 10.1. The average molecular weight is 323 g/mol. The van der Waals surface area contributed by atoms with Crippen LogP contribution in [0.15, 0.2) is 18.2 Å². The molecule has 6 nitrogen and oxygen atoms in total. The lowest BCUT2D eigenvalue weighted by molar-refractivity contribution is -0.138. The van der Waals surface area contributed by atoms with Crippen molar-refractivity contribution in [2.45, 2.75) is 46.1 Å². The summed E-state index contributed by atoms with van der Waals surface area (Å²) in [7, 11) is 0. The third-order valence-corrected chi connectivity index (χ3v) is 3.14. The first-order valence-electron chi connectivity index (χ1n) is 7.92. The Balaban J connectivity index is 2.93. The van der Waals surface area contributed by atoms with E-state index in [0.29, 0.717) is 30.3 Å². The molecule has 0 aliphatic heterocycles. The van der Waals surface area contributed by atoms with Crippen LogP contribution in [0.4, 0.5) is 0 Å². The summed E-state index contributed by atoms with van der Waals surface area (Å²) in [5.74, 6) is -0.536. The predicted molar refractivity (Wildman–Crippen MR) is 87.2 cm³/mol. The predicted octanol–water partition coefficient (Wildman–Crippen LogP) is 2.86. The topological polar surface area (TPSA) is 84.9 Å². The minimum absolute atomic E-state index is 0.304. The zero-order valence-electron chi connectivity index (χ0n) is 13.9. The third kappa shape index (κ3) is 6.18. The molecule has 0 fully saturated rings. The third-order valence-electron chi connectivity index (χ3n) is 3.14. The molecule has 1 amide bonds. The molecule has 1 aromatic rings. The Morgan fingerprint density at radius 2 is 1.91 bits per heavy atom. The summed E-state index contributed by atoms with van der Waals surface area (Å²) >= 11 is 0. The number of benzene rings is 1. The Kier molecular flexibility index (Phi) is 7.94. The normalized spacial score (nSPS) is 11.6. The van der Waals surface area contributed by atoms with Crippen molar-refractivity contribution in [1.82, 2.24) is 5.32 Å². The van der Waals surface area contributed by atoms with E-state index in [9.17, 15) is 9.59 Å². The summed E-state index contributed by atoms with van der Waals surface area (Å²) in [6.45, 7) is 6.54. The lowest BCUT2D eigenvalue weighted by Gasteiger charge is -2.15. The molecule has 2 N–H and O–H groups in total. The van der Waals surface area contributed by atoms with Gasteiger partial charge in [0.05, 0.1) is 18.8 Å². The molecule has 0 unspecified atom stereocenters. The molecule has 23 heavy (non-hydrogen) atoms. The first-order valence-corrected chi connectivity index (χ1v) is 7.92. The van der Waals surface area contributed by atoms with Gasteiger partial charge >= 0.3 is 5.97 Å². The molecule has 0 saturated heterocycles. The van der Waals surface area contributed by atoms with Gasteiger partial charge < -0.3 is 19.9 Å². The highest BCUT2D eigenvalue weighted by molar-refractivity contribution is 5.99. The molecule has 0 saturated carbocycles. The number of aliphatic carboxylic acids is 1. The van der Waals surface area contributed by atoms with Gasteiger partial charge in [-0.05, 0) is 31.9 Å². The number of carbonyl (C=O) groups excluding carboxylic acids is 1. The van der Waals surface area contributed by atoms with Crippen LogP contribution in [0.1, 0.15) is 50.4 Å². The standard InChI is InChI=1S/C17H25NO5/c1-4-6-10-23-15-11-13(22-9-5-2)7-8-14(15)16(19)18-12(3)17(20)21/h7-8,11-12H,4-6,9-10H2,1-3H3,(H,18,19)(H,20,21)/t12-/m0/s1. The molecule has 1 aromatic carbocycles. The summed E-state index contributed by atoms with van der Waals surface area (Å²) in [5.41, 5.74) is 0.304. The SMILES string of the molecule is CCCCOc1cc(OCCC)ccc1C(=O)N[C@@H](C)C(=O)O. The number of hydrogen-bond donors (Lipinski definition) is 2. The number of unbranched alkanes of at least 4 members (excludes halogenated alkanes) is 1. The van der Waals surface area contributed by atoms with E-state index < -0.39 is 17.9 Å². The van der Waals surface area contributed by atoms with Gasteiger partial charge in [-0.3, -0.25) is 9.59 Å². The Labute approximate surface area is 136 Å². The molecule has 0 aliphatic carbocycles. The molecule has 0 bridgehead atoms. The minimum atomic E-state index is -1.09. The fourth-order valence-electron chi connectivity index (χ4n) is 1.78. The Morgan fingerprint density at radius 1 is 1.17 bits per heavy atom. The molecule has 0 radical (unpaired) electrons. The van der Waals surface area contributed by atoms with Gasteiger partial charge in [-0.1, -0.05) is 20.3 Å². The number of hydrogen-bond acceptors (Lipinski definition) is 4. The average Bonchev–Trinajstić information content (AvgIpc) is 2.53. The molecule has 1 atom stereocenters. The molecule has 0 aromatic heterocycles. The van der Waals surface area contributed by atoms with Gasteiger partial charge in [0.1, 0.15) is 17.5 Å². The van der Waals surface area contributed by atoms with Gasteiger partial charge in [0.15, 0.2) is 0 Å². The fraction of sp³-hybridized carbons (Fsp3) is 0.529. The van der Waals surface area contributed by atoms with E-state index in [4.69, 9.17) is 14.6 Å². The number of nitrogens with one attached hydrogen (secondary N) is 1. The molecular weight excluding hydrogens is 298 g/mol. The van der Waals surface area contributed by atoms with Crippen molar-refractivity contribution in [2.75, 3.05) is 13.2 Å². The molecule has 6 heteroatoms. The van der Waals surface area contributed by atoms with Crippen molar-refractivity contribution in [3.63, 3.8) is 0 Å². The van der Waals surface area contributed by atoms with E-state index in [-0.39, 0.29) is 0 Å². The highest BCUT2D eigenvalue weighted by Crippen LogP contribution is 2.25. The largest absolute Gasteiger partial charge is 0.493 e. The Hall–Kier alpha value is -2.24. The number of carboxylic acid groups (broad SMARTS) is 1. The van der Waals surface area contributed by atoms with E-state index >= 15 is 0 Å². The van der Waals surface area contributed by atoms with E-state index in [1.54, 1.807) is 18.2 Å². The number of ether oxygens (including phenoxy) is 2. The lowest BCUT2D eigenvalue weighted by Crippen LogP contribution is -2.38. The highest BCUT2D eigenvalue weighted by Gasteiger charge is 2.19. The Bertz CT molecular complexity index is 530. The van der Waals surface area contributed by atoms with Crippen LogP contribution in [0.5, 0.6) is 11.5 Å². The molecule has 0 aliphatic rings. The molecule has 128 valence electrons. The van der Waals surface area contributed by atoms with Crippen LogP contribution in [0, 0.1) is 0 Å². The monoisotopic (exact) mass is 323 g/mol. The number of rotatable bonds is 10. The van der Waals surface area contributed by atoms with E-state index in [0.717, 1.165) is 19.3 Å². The first-order chi connectivity index (χ1) is 11.0. The van der Waals surface area contributed by atoms with Gasteiger partial charge in [0.25, 0.3) is 5.91 Å². The molecular formula is C17H25NO5. The quantitative estimate of drug-likeness (QED) is 0.647. The Morgan fingerprint density at radius 3 is 2.52 bits per heavy atom. The maximum Gasteiger partial charge on any atom is 0.325 e. The van der Waals surface area contributed by atoms with Crippen LogP contribution in [0.25, 0.3) is 0 Å². The van der Waals surface area contributed by atoms with Gasteiger partial charge in [0, 0.05) is 6.07 Å². The van der Waals surface area contributed by atoms with Crippen molar-refractivity contribution < 1.29 is 24.2 Å². The highest BCUT2D eigenvalue weighted by atomic mass is 16.5. The zero-order valence-corrected chi connectivity index (χ0v) is 13.9. The fourth-order valence-corrected chi connectivity index (χ4v) is 1.78. The summed E-state index contributed by atoms with van der Waals surface area (Å²) in [4.78, 5) is 23.1. The van der Waals surface area contributed by atoms with Crippen molar-refractivity contribution >= 4 is 11.9 Å². The number of carbonyl (C=O) groups is 2. The minimum Gasteiger partial charge on any atom is -0.493 e. The van der Waals surface area contributed by atoms with Gasteiger partial charge in [-0.2, -0.15) is 0 Å². The van der Waals surface area contributed by atoms with Crippen LogP contribution in [-0.4, -0.2) is 36.2 Å². The second kappa shape index (κ2) is 9.71. The maximum atomic E-state index is 12.2. The summed E-state index contributed by atoms with van der Waals surface area (Å²) in [5, 5.41) is 11.3. The van der Waals surface area contributed by atoms with Crippen LogP contribution in [0.3, 0.4) is 0 Å². The van der Waals surface area contributed by atoms with Gasteiger partial charge in [0.2, 0.25) is 0 Å². The van der Waals surface area contributed by atoms with Gasteiger partial charge in [-0.15, -0.1) is 0 Å². The van der Waals surface area contributed by atoms with Crippen LogP contribution in [0.2, 0.25) is 0 Å². The first kappa shape index (κ1) is 18.8. The zero-order chi connectivity index (χ0) is 17.2. The van der Waals surface area contributed by atoms with Crippen molar-refractivity contribution in [3.8, 4) is 11.5 Å². The van der Waals surface area contributed by atoms with E-state index in [1.807, 2.05) is 13.8 Å². The second-order valence-corrected chi connectivity index (χ2v) is 5.24. The molecule has 1 rings (SSSR count).